The Hall–Kier alpha value is -1.62. The lowest BCUT2D eigenvalue weighted by molar-refractivity contribution is 0.252. The number of rotatable bonds is 3. The second-order valence-electron chi connectivity index (χ2n) is 3.49. The standard InChI is InChI=1S/C12H12BrN3O/c13-5-6-14-12(17)16-10-7-9-3-1-2-4-11(9)15-8-10/h1-4,7-8H,5-6H2,(H2,14,16,17). The Labute approximate surface area is 108 Å². The molecule has 0 radical (unpaired) electrons. The van der Waals surface area contributed by atoms with Crippen LogP contribution < -0.4 is 10.6 Å². The maximum absolute atomic E-state index is 11.4. The maximum Gasteiger partial charge on any atom is 0.319 e. The number of fused-ring (bicyclic) bond motifs is 1. The average molecular weight is 294 g/mol. The molecule has 0 aliphatic carbocycles. The molecule has 1 aromatic carbocycles. The first-order valence-corrected chi connectivity index (χ1v) is 6.37. The van der Waals surface area contributed by atoms with Crippen LogP contribution in [0.2, 0.25) is 0 Å². The van der Waals surface area contributed by atoms with Crippen LogP contribution in [0.15, 0.2) is 36.5 Å². The van der Waals surface area contributed by atoms with Crippen LogP contribution in [0.5, 0.6) is 0 Å². The number of hydrogen-bond acceptors (Lipinski definition) is 2. The highest BCUT2D eigenvalue weighted by atomic mass is 79.9. The normalized spacial score (nSPS) is 10.2. The Balaban J connectivity index is 2.11. The minimum Gasteiger partial charge on any atom is -0.337 e. The van der Waals surface area contributed by atoms with Crippen LogP contribution in [0.3, 0.4) is 0 Å². The number of halogens is 1. The van der Waals surface area contributed by atoms with Crippen molar-refractivity contribution in [1.82, 2.24) is 10.3 Å². The van der Waals surface area contributed by atoms with E-state index in [-0.39, 0.29) is 6.03 Å². The van der Waals surface area contributed by atoms with Gasteiger partial charge in [0.05, 0.1) is 17.4 Å². The molecule has 0 saturated carbocycles. The number of carbonyl (C=O) groups is 1. The van der Waals surface area contributed by atoms with Gasteiger partial charge in [0.1, 0.15) is 0 Å². The molecule has 88 valence electrons. The SMILES string of the molecule is O=C(NCCBr)Nc1cnc2ccccc2c1. The molecule has 0 unspecified atom stereocenters. The summed E-state index contributed by atoms with van der Waals surface area (Å²) in [6, 6.07) is 9.45. The van der Waals surface area contributed by atoms with Crippen molar-refractivity contribution in [3.05, 3.63) is 36.5 Å². The third-order valence-electron chi connectivity index (χ3n) is 2.23. The Morgan fingerprint density at radius 2 is 2.18 bits per heavy atom. The van der Waals surface area contributed by atoms with Gasteiger partial charge in [0, 0.05) is 17.3 Å². The van der Waals surface area contributed by atoms with Gasteiger partial charge in [-0.25, -0.2) is 4.79 Å². The van der Waals surface area contributed by atoms with E-state index in [9.17, 15) is 4.79 Å². The molecule has 0 atom stereocenters. The summed E-state index contributed by atoms with van der Waals surface area (Å²) in [5, 5.41) is 7.18. The van der Waals surface area contributed by atoms with Gasteiger partial charge >= 0.3 is 6.03 Å². The lowest BCUT2D eigenvalue weighted by Crippen LogP contribution is -2.30. The number of hydrogen-bond donors (Lipinski definition) is 2. The quantitative estimate of drug-likeness (QED) is 0.855. The van der Waals surface area contributed by atoms with Gasteiger partial charge in [0.15, 0.2) is 0 Å². The van der Waals surface area contributed by atoms with Gasteiger partial charge in [0.2, 0.25) is 0 Å². The molecule has 0 spiro atoms. The molecule has 0 aliphatic rings. The molecule has 5 heteroatoms. The maximum atomic E-state index is 11.4. The summed E-state index contributed by atoms with van der Waals surface area (Å²) in [7, 11) is 0. The van der Waals surface area contributed by atoms with E-state index in [0.717, 1.165) is 16.2 Å². The van der Waals surface area contributed by atoms with E-state index in [4.69, 9.17) is 0 Å². The minimum absolute atomic E-state index is 0.221. The zero-order valence-corrected chi connectivity index (χ0v) is 10.7. The summed E-state index contributed by atoms with van der Waals surface area (Å²) >= 11 is 3.24. The van der Waals surface area contributed by atoms with E-state index in [1.165, 1.54) is 0 Å². The molecule has 2 aromatic rings. The Morgan fingerprint density at radius 1 is 1.35 bits per heavy atom. The smallest absolute Gasteiger partial charge is 0.319 e. The number of nitrogens with one attached hydrogen (secondary N) is 2. The van der Waals surface area contributed by atoms with Gasteiger partial charge in [-0.3, -0.25) is 4.98 Å². The highest BCUT2D eigenvalue weighted by molar-refractivity contribution is 9.09. The molecule has 0 fully saturated rings. The monoisotopic (exact) mass is 293 g/mol. The zero-order valence-electron chi connectivity index (χ0n) is 9.11. The van der Waals surface area contributed by atoms with Crippen LogP contribution in [0.4, 0.5) is 10.5 Å². The van der Waals surface area contributed by atoms with Gasteiger partial charge in [0.25, 0.3) is 0 Å². The predicted molar refractivity (Wildman–Crippen MR) is 72.6 cm³/mol. The summed E-state index contributed by atoms with van der Waals surface area (Å²) < 4.78 is 0. The van der Waals surface area contributed by atoms with Crippen molar-refractivity contribution in [2.24, 2.45) is 0 Å². The van der Waals surface area contributed by atoms with Crippen LogP contribution in [0.25, 0.3) is 10.9 Å². The highest BCUT2D eigenvalue weighted by Gasteiger charge is 2.01. The number of alkyl halides is 1. The predicted octanol–water partition coefficient (Wildman–Crippen LogP) is 2.75. The summed E-state index contributed by atoms with van der Waals surface area (Å²) in [4.78, 5) is 15.7. The number of pyridine rings is 1. The van der Waals surface area contributed by atoms with E-state index >= 15 is 0 Å². The molecule has 0 aliphatic heterocycles. The van der Waals surface area contributed by atoms with Crippen molar-refractivity contribution < 1.29 is 4.79 Å². The summed E-state index contributed by atoms with van der Waals surface area (Å²) in [5.74, 6) is 0. The molecular formula is C12H12BrN3O. The lowest BCUT2D eigenvalue weighted by atomic mass is 10.2. The minimum atomic E-state index is -0.221. The van der Waals surface area contributed by atoms with Gasteiger partial charge in [-0.05, 0) is 12.1 Å². The van der Waals surface area contributed by atoms with Crippen LogP contribution in [-0.2, 0) is 0 Å². The van der Waals surface area contributed by atoms with Gasteiger partial charge in [-0.15, -0.1) is 0 Å². The van der Waals surface area contributed by atoms with Crippen LogP contribution in [0, 0.1) is 0 Å². The van der Waals surface area contributed by atoms with Gasteiger partial charge < -0.3 is 10.6 Å². The van der Waals surface area contributed by atoms with Crippen molar-refractivity contribution in [2.75, 3.05) is 17.2 Å². The number of nitrogens with zero attached hydrogens (tertiary/aromatic N) is 1. The van der Waals surface area contributed by atoms with Crippen molar-refractivity contribution >= 4 is 38.6 Å². The zero-order chi connectivity index (χ0) is 12.1. The molecule has 2 N–H and O–H groups in total. The molecular weight excluding hydrogens is 282 g/mol. The second-order valence-corrected chi connectivity index (χ2v) is 4.28. The second kappa shape index (κ2) is 5.63. The molecule has 1 aromatic heterocycles. The molecule has 2 amide bonds. The fourth-order valence-corrected chi connectivity index (χ4v) is 1.67. The topological polar surface area (TPSA) is 54.0 Å². The summed E-state index contributed by atoms with van der Waals surface area (Å²) in [5.41, 5.74) is 1.61. The van der Waals surface area contributed by atoms with Gasteiger partial charge in [-0.2, -0.15) is 0 Å². The average Bonchev–Trinajstić information content (AvgIpc) is 2.36. The van der Waals surface area contributed by atoms with Crippen molar-refractivity contribution in [2.45, 2.75) is 0 Å². The van der Waals surface area contributed by atoms with Crippen LogP contribution in [-0.4, -0.2) is 22.9 Å². The van der Waals surface area contributed by atoms with Crippen molar-refractivity contribution in [3.63, 3.8) is 0 Å². The van der Waals surface area contributed by atoms with Crippen LogP contribution in [0.1, 0.15) is 0 Å². The Morgan fingerprint density at radius 3 is 3.00 bits per heavy atom. The highest BCUT2D eigenvalue weighted by Crippen LogP contribution is 2.15. The van der Waals surface area contributed by atoms with E-state index < -0.39 is 0 Å². The molecule has 0 bridgehead atoms. The van der Waals surface area contributed by atoms with E-state index in [0.29, 0.717) is 12.2 Å². The number of aromatic nitrogens is 1. The Bertz CT molecular complexity index is 530. The fourth-order valence-electron chi connectivity index (χ4n) is 1.48. The first-order chi connectivity index (χ1) is 8.29. The number of amides is 2. The van der Waals surface area contributed by atoms with Crippen molar-refractivity contribution in [1.29, 1.82) is 0 Å². The van der Waals surface area contributed by atoms with Crippen molar-refractivity contribution in [3.8, 4) is 0 Å². The fraction of sp³-hybridized carbons (Fsp3) is 0.167. The third kappa shape index (κ3) is 3.17. The molecule has 1 heterocycles. The molecule has 4 nitrogen and oxygen atoms in total. The molecule has 0 saturated heterocycles. The number of urea groups is 1. The number of anilines is 1. The van der Waals surface area contributed by atoms with Crippen LogP contribution >= 0.6 is 15.9 Å². The summed E-state index contributed by atoms with van der Waals surface area (Å²) in [6.45, 7) is 0.590. The molecule has 17 heavy (non-hydrogen) atoms. The number of benzene rings is 1. The van der Waals surface area contributed by atoms with E-state index in [2.05, 4.69) is 31.5 Å². The molecule has 2 rings (SSSR count). The van der Waals surface area contributed by atoms with E-state index in [1.807, 2.05) is 30.3 Å². The largest absolute Gasteiger partial charge is 0.337 e. The van der Waals surface area contributed by atoms with E-state index in [1.54, 1.807) is 6.20 Å². The first-order valence-electron chi connectivity index (χ1n) is 5.25. The summed E-state index contributed by atoms with van der Waals surface area (Å²) in [6.07, 6.45) is 1.65. The lowest BCUT2D eigenvalue weighted by Gasteiger charge is -2.06. The Kier molecular flexibility index (Phi) is 3.93. The third-order valence-corrected chi connectivity index (χ3v) is 2.62. The number of carbonyl (C=O) groups excluding carboxylic acids is 1. The number of para-hydroxylation sites is 1. The first kappa shape index (κ1) is 11.9. The van der Waals surface area contributed by atoms with Gasteiger partial charge in [-0.1, -0.05) is 34.1 Å².